The van der Waals surface area contributed by atoms with Crippen LogP contribution >= 0.6 is 0 Å². The van der Waals surface area contributed by atoms with Gasteiger partial charge in [-0.05, 0) is 38.0 Å². The first-order valence-corrected chi connectivity index (χ1v) is 5.85. The molecule has 0 heterocycles. The number of urea groups is 1. The van der Waals surface area contributed by atoms with Crippen molar-refractivity contribution in [1.29, 1.82) is 0 Å². The van der Waals surface area contributed by atoms with Crippen LogP contribution in [0.15, 0.2) is 24.3 Å². The van der Waals surface area contributed by atoms with Crippen LogP contribution in [0.4, 0.5) is 9.18 Å². The molecule has 1 rings (SSSR count). The Labute approximate surface area is 101 Å². The van der Waals surface area contributed by atoms with Crippen LogP contribution in [0.2, 0.25) is 0 Å². The van der Waals surface area contributed by atoms with E-state index in [0.717, 1.165) is 12.0 Å². The van der Waals surface area contributed by atoms with E-state index < -0.39 is 0 Å². The van der Waals surface area contributed by atoms with Crippen molar-refractivity contribution in [2.24, 2.45) is 0 Å². The van der Waals surface area contributed by atoms with Crippen molar-refractivity contribution in [3.05, 3.63) is 35.6 Å². The molecule has 17 heavy (non-hydrogen) atoms. The summed E-state index contributed by atoms with van der Waals surface area (Å²) in [6.07, 6.45) is 0.887. The fraction of sp³-hybridized carbons (Fsp3) is 0.462. The number of halogens is 1. The standard InChI is InChI=1S/C13H19FN2O/c1-4-9(2)15-13(17)16-10(3)11-5-7-12(14)8-6-11/h5-10H,4H2,1-3H3,(H2,15,16,17)/t9-,10-/m0/s1. The van der Waals surface area contributed by atoms with Crippen LogP contribution in [-0.4, -0.2) is 12.1 Å². The molecule has 0 bridgehead atoms. The van der Waals surface area contributed by atoms with Gasteiger partial charge in [0, 0.05) is 6.04 Å². The third-order valence-corrected chi connectivity index (χ3v) is 2.71. The number of hydrogen-bond donors (Lipinski definition) is 2. The fourth-order valence-electron chi connectivity index (χ4n) is 1.40. The van der Waals surface area contributed by atoms with Gasteiger partial charge in [0.1, 0.15) is 5.82 Å². The van der Waals surface area contributed by atoms with E-state index in [2.05, 4.69) is 10.6 Å². The van der Waals surface area contributed by atoms with E-state index in [1.54, 1.807) is 12.1 Å². The minimum atomic E-state index is -0.273. The highest BCUT2D eigenvalue weighted by atomic mass is 19.1. The van der Waals surface area contributed by atoms with Crippen molar-refractivity contribution in [1.82, 2.24) is 10.6 Å². The highest BCUT2D eigenvalue weighted by Crippen LogP contribution is 2.12. The predicted molar refractivity (Wildman–Crippen MR) is 66.2 cm³/mol. The monoisotopic (exact) mass is 238 g/mol. The number of carbonyl (C=O) groups is 1. The molecule has 94 valence electrons. The molecular weight excluding hydrogens is 219 g/mol. The molecule has 2 amide bonds. The highest BCUT2D eigenvalue weighted by molar-refractivity contribution is 5.74. The Balaban J connectivity index is 2.51. The van der Waals surface area contributed by atoms with Crippen molar-refractivity contribution in [3.8, 4) is 0 Å². The Bertz CT molecular complexity index is 364. The Morgan fingerprint density at radius 3 is 2.35 bits per heavy atom. The average Bonchev–Trinajstić information content (AvgIpc) is 2.29. The van der Waals surface area contributed by atoms with Gasteiger partial charge in [0.2, 0.25) is 0 Å². The maximum atomic E-state index is 12.7. The molecule has 1 aromatic rings. The number of carbonyl (C=O) groups excluding carboxylic acids is 1. The maximum Gasteiger partial charge on any atom is 0.315 e. The molecule has 0 aliphatic heterocycles. The lowest BCUT2D eigenvalue weighted by Crippen LogP contribution is -2.41. The second kappa shape index (κ2) is 6.23. The molecule has 0 saturated carbocycles. The predicted octanol–water partition coefficient (Wildman–Crippen LogP) is 2.98. The van der Waals surface area contributed by atoms with E-state index in [-0.39, 0.29) is 23.9 Å². The maximum absolute atomic E-state index is 12.7. The largest absolute Gasteiger partial charge is 0.336 e. The van der Waals surface area contributed by atoms with Crippen LogP contribution in [0.3, 0.4) is 0 Å². The molecule has 0 radical (unpaired) electrons. The van der Waals surface area contributed by atoms with Gasteiger partial charge in [-0.1, -0.05) is 19.1 Å². The second-order valence-corrected chi connectivity index (χ2v) is 4.20. The molecule has 0 aromatic heterocycles. The van der Waals surface area contributed by atoms with Crippen LogP contribution in [0, 0.1) is 5.82 Å². The van der Waals surface area contributed by atoms with Gasteiger partial charge in [-0.25, -0.2) is 9.18 Å². The molecule has 0 spiro atoms. The molecule has 3 nitrogen and oxygen atoms in total. The summed E-state index contributed by atoms with van der Waals surface area (Å²) in [5, 5.41) is 5.63. The summed E-state index contributed by atoms with van der Waals surface area (Å²) in [5.74, 6) is -0.273. The minimum Gasteiger partial charge on any atom is -0.336 e. The molecule has 0 fully saturated rings. The second-order valence-electron chi connectivity index (χ2n) is 4.20. The smallest absolute Gasteiger partial charge is 0.315 e. The first-order valence-electron chi connectivity index (χ1n) is 5.85. The number of amides is 2. The summed E-state index contributed by atoms with van der Waals surface area (Å²) >= 11 is 0. The van der Waals surface area contributed by atoms with E-state index in [9.17, 15) is 9.18 Å². The number of rotatable bonds is 4. The Hall–Kier alpha value is -1.58. The Kier molecular flexibility index (Phi) is 4.94. The normalized spacial score (nSPS) is 13.9. The Morgan fingerprint density at radius 2 is 1.82 bits per heavy atom. The third-order valence-electron chi connectivity index (χ3n) is 2.71. The van der Waals surface area contributed by atoms with Crippen molar-refractivity contribution in [2.75, 3.05) is 0 Å². The van der Waals surface area contributed by atoms with Gasteiger partial charge in [0.05, 0.1) is 6.04 Å². The van der Waals surface area contributed by atoms with E-state index >= 15 is 0 Å². The van der Waals surface area contributed by atoms with Gasteiger partial charge < -0.3 is 10.6 Å². The summed E-state index contributed by atoms with van der Waals surface area (Å²) in [6, 6.07) is 5.93. The molecule has 4 heteroatoms. The zero-order valence-corrected chi connectivity index (χ0v) is 10.5. The van der Waals surface area contributed by atoms with Gasteiger partial charge >= 0.3 is 6.03 Å². The lowest BCUT2D eigenvalue weighted by molar-refractivity contribution is 0.234. The third kappa shape index (κ3) is 4.43. The molecular formula is C13H19FN2O. The minimum absolute atomic E-state index is 0.139. The van der Waals surface area contributed by atoms with Crippen molar-refractivity contribution in [2.45, 2.75) is 39.3 Å². The fourth-order valence-corrected chi connectivity index (χ4v) is 1.40. The average molecular weight is 238 g/mol. The number of hydrogen-bond acceptors (Lipinski definition) is 1. The number of benzene rings is 1. The summed E-state index contributed by atoms with van der Waals surface area (Å²) in [6.45, 7) is 5.82. The van der Waals surface area contributed by atoms with E-state index in [1.165, 1.54) is 12.1 Å². The molecule has 2 N–H and O–H groups in total. The highest BCUT2D eigenvalue weighted by Gasteiger charge is 2.10. The van der Waals surface area contributed by atoms with Crippen molar-refractivity contribution >= 4 is 6.03 Å². The zero-order chi connectivity index (χ0) is 12.8. The van der Waals surface area contributed by atoms with Crippen LogP contribution in [-0.2, 0) is 0 Å². The van der Waals surface area contributed by atoms with Gasteiger partial charge in [-0.15, -0.1) is 0 Å². The van der Waals surface area contributed by atoms with Crippen molar-refractivity contribution < 1.29 is 9.18 Å². The molecule has 0 aliphatic rings. The van der Waals surface area contributed by atoms with Gasteiger partial charge in [0.15, 0.2) is 0 Å². The number of nitrogens with one attached hydrogen (secondary N) is 2. The SMILES string of the molecule is CC[C@H](C)NC(=O)N[C@@H](C)c1ccc(F)cc1. The van der Waals surface area contributed by atoms with E-state index in [4.69, 9.17) is 0 Å². The quantitative estimate of drug-likeness (QED) is 0.831. The molecule has 0 unspecified atom stereocenters. The molecule has 0 saturated heterocycles. The molecule has 1 aromatic carbocycles. The van der Waals surface area contributed by atoms with Gasteiger partial charge in [0.25, 0.3) is 0 Å². The van der Waals surface area contributed by atoms with Crippen LogP contribution in [0.1, 0.15) is 38.8 Å². The topological polar surface area (TPSA) is 41.1 Å². The summed E-state index contributed by atoms with van der Waals surface area (Å²) < 4.78 is 12.7. The lowest BCUT2D eigenvalue weighted by atomic mass is 10.1. The summed E-state index contributed by atoms with van der Waals surface area (Å²) in [4.78, 5) is 11.6. The molecule has 0 aliphatic carbocycles. The van der Waals surface area contributed by atoms with Crippen LogP contribution in [0.5, 0.6) is 0 Å². The summed E-state index contributed by atoms with van der Waals surface area (Å²) in [7, 11) is 0. The van der Waals surface area contributed by atoms with Crippen LogP contribution in [0.25, 0.3) is 0 Å². The first-order chi connectivity index (χ1) is 8.02. The Morgan fingerprint density at radius 1 is 1.24 bits per heavy atom. The van der Waals surface area contributed by atoms with Gasteiger partial charge in [-0.2, -0.15) is 0 Å². The zero-order valence-electron chi connectivity index (χ0n) is 10.5. The van der Waals surface area contributed by atoms with Gasteiger partial charge in [-0.3, -0.25) is 0 Å². The van der Waals surface area contributed by atoms with Crippen LogP contribution < -0.4 is 10.6 Å². The lowest BCUT2D eigenvalue weighted by Gasteiger charge is -2.17. The summed E-state index contributed by atoms with van der Waals surface area (Å²) in [5.41, 5.74) is 0.880. The first kappa shape index (κ1) is 13.5. The molecule has 2 atom stereocenters. The van der Waals surface area contributed by atoms with E-state index in [1.807, 2.05) is 20.8 Å². The van der Waals surface area contributed by atoms with E-state index in [0.29, 0.717) is 0 Å². The van der Waals surface area contributed by atoms with Crippen molar-refractivity contribution in [3.63, 3.8) is 0 Å².